The van der Waals surface area contributed by atoms with E-state index in [1.54, 1.807) is 7.05 Å². The Morgan fingerprint density at radius 1 is 1.40 bits per heavy atom. The predicted molar refractivity (Wildman–Crippen MR) is 37.1 cm³/mol. The van der Waals surface area contributed by atoms with Crippen LogP contribution in [0.4, 0.5) is 13.2 Å². The molecule has 0 saturated carbocycles. The van der Waals surface area contributed by atoms with Crippen LogP contribution in [-0.2, 0) is 0 Å². The van der Waals surface area contributed by atoms with E-state index in [-0.39, 0.29) is 17.5 Å². The summed E-state index contributed by atoms with van der Waals surface area (Å²) < 4.78 is 34.3. The number of hydrogen-bond donors (Lipinski definition) is 1. The average Bonchev–Trinajstić information content (AvgIpc) is 1.78. The lowest BCUT2D eigenvalue weighted by Crippen LogP contribution is -2.10. The molecular formula is C5H10F3NS. The smallest absolute Gasteiger partial charge is 0.320 e. The zero-order valence-corrected chi connectivity index (χ0v) is 6.48. The Kier molecular flexibility index (Phi) is 4.89. The maximum absolute atomic E-state index is 11.4. The Hall–Kier alpha value is 0.100. The van der Waals surface area contributed by atoms with Gasteiger partial charge in [-0.25, -0.2) is 0 Å². The van der Waals surface area contributed by atoms with Gasteiger partial charge < -0.3 is 5.32 Å². The molecule has 62 valence electrons. The van der Waals surface area contributed by atoms with E-state index in [2.05, 4.69) is 5.32 Å². The first-order chi connectivity index (χ1) is 4.56. The van der Waals surface area contributed by atoms with Gasteiger partial charge in [-0.15, -0.1) is 0 Å². The highest BCUT2D eigenvalue weighted by Gasteiger charge is 2.26. The fourth-order valence-corrected chi connectivity index (χ4v) is 0.957. The minimum Gasteiger partial charge on any atom is -0.320 e. The fourth-order valence-electron chi connectivity index (χ4n) is 0.437. The molecule has 10 heavy (non-hydrogen) atoms. The molecule has 5 heteroatoms. The summed E-state index contributed by atoms with van der Waals surface area (Å²) in [5.41, 5.74) is -4.06. The monoisotopic (exact) mass is 173 g/mol. The second-order valence-electron chi connectivity index (χ2n) is 1.75. The van der Waals surface area contributed by atoms with E-state index in [0.29, 0.717) is 13.0 Å². The molecule has 0 heterocycles. The Labute approximate surface area is 62.4 Å². The van der Waals surface area contributed by atoms with Crippen LogP contribution in [0.2, 0.25) is 0 Å². The van der Waals surface area contributed by atoms with Crippen LogP contribution in [0.15, 0.2) is 0 Å². The van der Waals surface area contributed by atoms with Crippen molar-refractivity contribution in [3.8, 4) is 0 Å². The molecule has 0 rings (SSSR count). The molecular weight excluding hydrogens is 163 g/mol. The maximum Gasteiger partial charge on any atom is 0.441 e. The molecule has 0 aliphatic rings. The largest absolute Gasteiger partial charge is 0.441 e. The first kappa shape index (κ1) is 10.1. The van der Waals surface area contributed by atoms with Crippen molar-refractivity contribution in [1.82, 2.24) is 5.32 Å². The number of thioether (sulfide) groups is 1. The van der Waals surface area contributed by atoms with Gasteiger partial charge in [-0.3, -0.25) is 0 Å². The van der Waals surface area contributed by atoms with Crippen molar-refractivity contribution >= 4 is 11.8 Å². The fraction of sp³-hybridized carbons (Fsp3) is 1.00. The van der Waals surface area contributed by atoms with E-state index in [1.165, 1.54) is 0 Å². The number of alkyl halides is 3. The first-order valence-corrected chi connectivity index (χ1v) is 3.90. The third-order valence-corrected chi connectivity index (χ3v) is 1.66. The quantitative estimate of drug-likeness (QED) is 0.651. The van der Waals surface area contributed by atoms with Crippen LogP contribution in [0.5, 0.6) is 0 Å². The summed E-state index contributed by atoms with van der Waals surface area (Å²) in [5.74, 6) is 0.143. The minimum atomic E-state index is -4.06. The van der Waals surface area contributed by atoms with E-state index in [4.69, 9.17) is 0 Å². The van der Waals surface area contributed by atoms with Crippen molar-refractivity contribution in [2.45, 2.75) is 11.9 Å². The Balaban J connectivity index is 3.04. The van der Waals surface area contributed by atoms with Crippen molar-refractivity contribution in [3.63, 3.8) is 0 Å². The van der Waals surface area contributed by atoms with E-state index in [0.717, 1.165) is 0 Å². The van der Waals surface area contributed by atoms with E-state index >= 15 is 0 Å². The summed E-state index contributed by atoms with van der Waals surface area (Å²) >= 11 is 0.0335. The van der Waals surface area contributed by atoms with Gasteiger partial charge in [0.15, 0.2) is 0 Å². The molecule has 0 unspecified atom stereocenters. The number of halogens is 3. The molecule has 0 amide bonds. The molecule has 0 aromatic heterocycles. The second kappa shape index (κ2) is 4.85. The molecule has 1 nitrogen and oxygen atoms in total. The van der Waals surface area contributed by atoms with Crippen LogP contribution in [0.3, 0.4) is 0 Å². The highest BCUT2D eigenvalue weighted by Crippen LogP contribution is 2.30. The molecule has 0 bridgehead atoms. The van der Waals surface area contributed by atoms with Crippen LogP contribution in [-0.4, -0.2) is 24.9 Å². The van der Waals surface area contributed by atoms with Crippen molar-refractivity contribution in [3.05, 3.63) is 0 Å². The molecule has 0 saturated heterocycles. The summed E-state index contributed by atoms with van der Waals surface area (Å²) in [7, 11) is 1.72. The second-order valence-corrected chi connectivity index (χ2v) is 2.91. The highest BCUT2D eigenvalue weighted by atomic mass is 32.2. The summed E-state index contributed by atoms with van der Waals surface area (Å²) in [6.07, 6.45) is 0.556. The van der Waals surface area contributed by atoms with Gasteiger partial charge in [0.2, 0.25) is 0 Å². The highest BCUT2D eigenvalue weighted by molar-refractivity contribution is 8.00. The third kappa shape index (κ3) is 8.10. The Morgan fingerprint density at radius 2 is 2.00 bits per heavy atom. The van der Waals surface area contributed by atoms with Crippen LogP contribution < -0.4 is 5.32 Å². The zero-order valence-electron chi connectivity index (χ0n) is 5.66. The van der Waals surface area contributed by atoms with E-state index in [9.17, 15) is 13.2 Å². The summed E-state index contributed by atoms with van der Waals surface area (Å²) in [4.78, 5) is 0. The first-order valence-electron chi connectivity index (χ1n) is 2.91. The molecule has 0 aromatic rings. The van der Waals surface area contributed by atoms with E-state index in [1.807, 2.05) is 0 Å². The molecule has 0 atom stereocenters. The third-order valence-electron chi connectivity index (χ3n) is 0.837. The van der Waals surface area contributed by atoms with Crippen LogP contribution in [0, 0.1) is 0 Å². The number of nitrogens with one attached hydrogen (secondary N) is 1. The lowest BCUT2D eigenvalue weighted by atomic mass is 10.5. The van der Waals surface area contributed by atoms with Crippen LogP contribution >= 0.6 is 11.8 Å². The lowest BCUT2D eigenvalue weighted by Gasteiger charge is -2.03. The van der Waals surface area contributed by atoms with Crippen molar-refractivity contribution < 1.29 is 13.2 Å². The molecule has 0 radical (unpaired) electrons. The molecule has 0 fully saturated rings. The lowest BCUT2D eigenvalue weighted by molar-refractivity contribution is -0.0327. The average molecular weight is 173 g/mol. The summed E-state index contributed by atoms with van der Waals surface area (Å²) in [6.45, 7) is 0.642. The van der Waals surface area contributed by atoms with Gasteiger partial charge in [-0.05, 0) is 20.0 Å². The van der Waals surface area contributed by atoms with Gasteiger partial charge >= 0.3 is 5.51 Å². The van der Waals surface area contributed by atoms with Gasteiger partial charge in [-0.1, -0.05) is 11.8 Å². The topological polar surface area (TPSA) is 12.0 Å². The zero-order chi connectivity index (χ0) is 8.04. The van der Waals surface area contributed by atoms with Crippen molar-refractivity contribution in [1.29, 1.82) is 0 Å². The maximum atomic E-state index is 11.4. The minimum absolute atomic E-state index is 0.0335. The van der Waals surface area contributed by atoms with Gasteiger partial charge in [0.25, 0.3) is 0 Å². The summed E-state index contributed by atoms with van der Waals surface area (Å²) in [6, 6.07) is 0. The SMILES string of the molecule is CNCCCSC(F)(F)F. The predicted octanol–water partition coefficient (Wildman–Crippen LogP) is 1.85. The Bertz CT molecular complexity index is 83.5. The van der Waals surface area contributed by atoms with Crippen molar-refractivity contribution in [2.24, 2.45) is 0 Å². The molecule has 0 spiro atoms. The molecule has 0 aliphatic heterocycles. The number of rotatable bonds is 4. The van der Waals surface area contributed by atoms with Gasteiger partial charge in [-0.2, -0.15) is 13.2 Å². The Morgan fingerprint density at radius 3 is 2.40 bits per heavy atom. The van der Waals surface area contributed by atoms with Crippen LogP contribution in [0.25, 0.3) is 0 Å². The van der Waals surface area contributed by atoms with Gasteiger partial charge in [0, 0.05) is 5.75 Å². The van der Waals surface area contributed by atoms with Gasteiger partial charge in [0.1, 0.15) is 0 Å². The summed E-state index contributed by atoms with van der Waals surface area (Å²) in [5, 5.41) is 2.77. The normalized spacial score (nSPS) is 12.0. The van der Waals surface area contributed by atoms with Crippen molar-refractivity contribution in [2.75, 3.05) is 19.3 Å². The van der Waals surface area contributed by atoms with Crippen LogP contribution in [0.1, 0.15) is 6.42 Å². The van der Waals surface area contributed by atoms with Gasteiger partial charge in [0.05, 0.1) is 0 Å². The van der Waals surface area contributed by atoms with E-state index < -0.39 is 5.51 Å². The molecule has 1 N–H and O–H groups in total. The standard InChI is InChI=1S/C5H10F3NS/c1-9-3-2-4-10-5(6,7)8/h9H,2-4H2,1H3. The number of hydrogen-bond acceptors (Lipinski definition) is 2. The molecule has 0 aromatic carbocycles. The molecule has 0 aliphatic carbocycles.